The number of H-pyrrole nitrogens is 1. The Balaban J connectivity index is 2.57. The third-order valence-corrected chi connectivity index (χ3v) is 2.62. The maximum Gasteiger partial charge on any atom is 0.331 e. The highest BCUT2D eigenvalue weighted by Crippen LogP contribution is 2.24. The van der Waals surface area contributed by atoms with Crippen LogP contribution in [0.15, 0.2) is 30.0 Å². The molecule has 0 aliphatic heterocycles. The number of aliphatic carboxylic acids is 1. The van der Waals surface area contributed by atoms with Crippen molar-refractivity contribution in [1.82, 2.24) is 4.98 Å². The Morgan fingerprint density at radius 2 is 2.25 bits per heavy atom. The van der Waals surface area contributed by atoms with Crippen molar-refractivity contribution in [1.29, 1.82) is 0 Å². The van der Waals surface area contributed by atoms with Crippen LogP contribution in [0.4, 0.5) is 0 Å². The van der Waals surface area contributed by atoms with E-state index in [1.807, 2.05) is 12.1 Å². The first-order valence-corrected chi connectivity index (χ1v) is 5.14. The second kappa shape index (κ2) is 4.02. The minimum Gasteiger partial charge on any atom is -0.478 e. The molecule has 0 saturated heterocycles. The van der Waals surface area contributed by atoms with Gasteiger partial charge in [-0.1, -0.05) is 11.6 Å². The van der Waals surface area contributed by atoms with Crippen molar-refractivity contribution in [3.8, 4) is 0 Å². The van der Waals surface area contributed by atoms with Crippen LogP contribution in [0.3, 0.4) is 0 Å². The number of rotatable bonds is 2. The van der Waals surface area contributed by atoms with Gasteiger partial charge in [-0.25, -0.2) is 4.79 Å². The molecule has 0 saturated carbocycles. The summed E-state index contributed by atoms with van der Waals surface area (Å²) in [6.07, 6.45) is 3.39. The van der Waals surface area contributed by atoms with Crippen LogP contribution in [-0.2, 0) is 4.79 Å². The number of hydrogen-bond donors (Lipinski definition) is 2. The SMILES string of the molecule is C/C(=C\c1c[nH]c2ccc(Cl)cc12)C(=O)O. The van der Waals surface area contributed by atoms with Gasteiger partial charge < -0.3 is 10.1 Å². The highest BCUT2D eigenvalue weighted by molar-refractivity contribution is 6.31. The molecule has 1 aromatic carbocycles. The number of carboxylic acids is 1. The number of nitrogens with one attached hydrogen (secondary N) is 1. The summed E-state index contributed by atoms with van der Waals surface area (Å²) in [4.78, 5) is 13.8. The predicted octanol–water partition coefficient (Wildman–Crippen LogP) is 3.31. The average molecular weight is 236 g/mol. The lowest BCUT2D eigenvalue weighted by Crippen LogP contribution is -1.94. The van der Waals surface area contributed by atoms with Crippen molar-refractivity contribution in [2.45, 2.75) is 6.92 Å². The van der Waals surface area contributed by atoms with Gasteiger partial charge in [0, 0.05) is 33.3 Å². The van der Waals surface area contributed by atoms with Gasteiger partial charge in [-0.2, -0.15) is 0 Å². The van der Waals surface area contributed by atoms with E-state index in [1.165, 1.54) is 0 Å². The highest BCUT2D eigenvalue weighted by atomic mass is 35.5. The zero-order valence-electron chi connectivity index (χ0n) is 8.62. The third kappa shape index (κ3) is 1.95. The molecule has 3 nitrogen and oxygen atoms in total. The Bertz CT molecular complexity index is 584. The Labute approximate surface area is 97.4 Å². The van der Waals surface area contributed by atoms with Crippen molar-refractivity contribution < 1.29 is 9.90 Å². The summed E-state index contributed by atoms with van der Waals surface area (Å²) in [6.45, 7) is 1.56. The molecule has 4 heteroatoms. The van der Waals surface area contributed by atoms with Crippen LogP contribution in [-0.4, -0.2) is 16.1 Å². The monoisotopic (exact) mass is 235 g/mol. The van der Waals surface area contributed by atoms with E-state index in [4.69, 9.17) is 16.7 Å². The first-order valence-electron chi connectivity index (χ1n) is 4.76. The first-order chi connectivity index (χ1) is 7.58. The molecule has 0 aliphatic carbocycles. The van der Waals surface area contributed by atoms with Crippen molar-refractivity contribution in [3.63, 3.8) is 0 Å². The highest BCUT2D eigenvalue weighted by Gasteiger charge is 2.05. The van der Waals surface area contributed by atoms with Crippen LogP contribution in [0, 0.1) is 0 Å². The van der Waals surface area contributed by atoms with Gasteiger partial charge in [-0.05, 0) is 31.2 Å². The maximum absolute atomic E-state index is 10.7. The lowest BCUT2D eigenvalue weighted by molar-refractivity contribution is -0.132. The summed E-state index contributed by atoms with van der Waals surface area (Å²) >= 11 is 5.90. The van der Waals surface area contributed by atoms with Gasteiger partial charge >= 0.3 is 5.97 Å². The molecule has 0 amide bonds. The van der Waals surface area contributed by atoms with Gasteiger partial charge in [0.05, 0.1) is 0 Å². The summed E-state index contributed by atoms with van der Waals surface area (Å²) in [6, 6.07) is 5.47. The molecule has 16 heavy (non-hydrogen) atoms. The molecule has 0 aliphatic rings. The van der Waals surface area contributed by atoms with Crippen molar-refractivity contribution >= 4 is 34.5 Å². The number of halogens is 1. The number of fused-ring (bicyclic) bond motifs is 1. The van der Waals surface area contributed by atoms with E-state index in [0.29, 0.717) is 10.6 Å². The third-order valence-electron chi connectivity index (χ3n) is 2.39. The molecule has 0 atom stereocenters. The van der Waals surface area contributed by atoms with Crippen LogP contribution < -0.4 is 0 Å². The fourth-order valence-electron chi connectivity index (χ4n) is 1.53. The second-order valence-electron chi connectivity index (χ2n) is 3.57. The average Bonchev–Trinajstić information content (AvgIpc) is 2.61. The van der Waals surface area contributed by atoms with E-state index < -0.39 is 5.97 Å². The number of carbonyl (C=O) groups is 1. The number of aromatic nitrogens is 1. The van der Waals surface area contributed by atoms with E-state index in [0.717, 1.165) is 16.5 Å². The van der Waals surface area contributed by atoms with E-state index in [9.17, 15) is 4.79 Å². The van der Waals surface area contributed by atoms with Gasteiger partial charge in [0.1, 0.15) is 0 Å². The molecule has 82 valence electrons. The topological polar surface area (TPSA) is 53.1 Å². The summed E-state index contributed by atoms with van der Waals surface area (Å²) < 4.78 is 0. The van der Waals surface area contributed by atoms with Crippen LogP contribution in [0.5, 0.6) is 0 Å². The van der Waals surface area contributed by atoms with Gasteiger partial charge in [-0.3, -0.25) is 0 Å². The Morgan fingerprint density at radius 1 is 1.50 bits per heavy atom. The fourth-order valence-corrected chi connectivity index (χ4v) is 1.70. The summed E-state index contributed by atoms with van der Waals surface area (Å²) in [5.41, 5.74) is 2.06. The number of hydrogen-bond acceptors (Lipinski definition) is 1. The largest absolute Gasteiger partial charge is 0.478 e. The molecule has 0 radical (unpaired) electrons. The van der Waals surface area contributed by atoms with Crippen LogP contribution in [0.25, 0.3) is 17.0 Å². The van der Waals surface area contributed by atoms with Gasteiger partial charge in [0.25, 0.3) is 0 Å². The van der Waals surface area contributed by atoms with Crippen molar-refractivity contribution in [2.24, 2.45) is 0 Å². The van der Waals surface area contributed by atoms with Crippen LogP contribution in [0.2, 0.25) is 5.02 Å². The summed E-state index contributed by atoms with van der Waals surface area (Å²) in [5.74, 6) is -0.920. The molecule has 0 spiro atoms. The Kier molecular flexibility index (Phi) is 2.71. The maximum atomic E-state index is 10.7. The lowest BCUT2D eigenvalue weighted by Gasteiger charge is -1.95. The zero-order chi connectivity index (χ0) is 11.7. The lowest BCUT2D eigenvalue weighted by atomic mass is 10.1. The number of aromatic amines is 1. The smallest absolute Gasteiger partial charge is 0.331 e. The molecule has 1 aromatic heterocycles. The van der Waals surface area contributed by atoms with E-state index >= 15 is 0 Å². The van der Waals surface area contributed by atoms with Gasteiger partial charge in [0.15, 0.2) is 0 Å². The minimum absolute atomic E-state index is 0.292. The quantitative estimate of drug-likeness (QED) is 0.785. The molecular weight excluding hydrogens is 226 g/mol. The summed E-state index contributed by atoms with van der Waals surface area (Å²) in [7, 11) is 0. The standard InChI is InChI=1S/C12H10ClNO2/c1-7(12(15)16)4-8-6-14-11-3-2-9(13)5-10(8)11/h2-6,14H,1H3,(H,15,16)/b7-4+. The molecule has 2 aromatic rings. The minimum atomic E-state index is -0.920. The van der Waals surface area contributed by atoms with Crippen molar-refractivity contribution in [2.75, 3.05) is 0 Å². The van der Waals surface area contributed by atoms with E-state index in [1.54, 1.807) is 25.3 Å². The summed E-state index contributed by atoms with van der Waals surface area (Å²) in [5, 5.41) is 10.4. The molecule has 2 N–H and O–H groups in total. The molecule has 0 unspecified atom stereocenters. The number of benzene rings is 1. The molecule has 0 bridgehead atoms. The first kappa shape index (κ1) is 10.8. The molecule has 0 fully saturated rings. The van der Waals surface area contributed by atoms with Crippen LogP contribution >= 0.6 is 11.6 Å². The molecule has 2 rings (SSSR count). The zero-order valence-corrected chi connectivity index (χ0v) is 9.38. The van der Waals surface area contributed by atoms with Crippen LogP contribution in [0.1, 0.15) is 12.5 Å². The van der Waals surface area contributed by atoms with Gasteiger partial charge in [-0.15, -0.1) is 0 Å². The van der Waals surface area contributed by atoms with E-state index in [2.05, 4.69) is 4.98 Å². The van der Waals surface area contributed by atoms with E-state index in [-0.39, 0.29) is 0 Å². The number of carboxylic acid groups (broad SMARTS) is 1. The molecular formula is C12H10ClNO2. The Hall–Kier alpha value is -1.74. The van der Waals surface area contributed by atoms with Crippen molar-refractivity contribution in [3.05, 3.63) is 40.6 Å². The normalized spacial score (nSPS) is 12.0. The second-order valence-corrected chi connectivity index (χ2v) is 4.00. The predicted molar refractivity (Wildman–Crippen MR) is 64.6 cm³/mol. The Morgan fingerprint density at radius 3 is 2.94 bits per heavy atom. The van der Waals surface area contributed by atoms with Gasteiger partial charge in [0.2, 0.25) is 0 Å². The fraction of sp³-hybridized carbons (Fsp3) is 0.0833. The molecule has 1 heterocycles.